The third-order valence-corrected chi connectivity index (χ3v) is 4.15. The number of rotatable bonds is 4. The second kappa shape index (κ2) is 7.18. The van der Waals surface area contributed by atoms with Crippen molar-refractivity contribution in [3.05, 3.63) is 66.4 Å². The number of hydrogen-bond acceptors (Lipinski definition) is 2. The number of aromatic amines is 1. The maximum atomic E-state index is 4.67. The van der Waals surface area contributed by atoms with Crippen LogP contribution >= 0.6 is 11.8 Å². The summed E-state index contributed by atoms with van der Waals surface area (Å²) in [5.74, 6) is 0. The second-order valence-corrected chi connectivity index (χ2v) is 5.79. The Bertz CT molecular complexity index is 762. The van der Waals surface area contributed by atoms with Gasteiger partial charge < -0.3 is 10.3 Å². The Morgan fingerprint density at radius 1 is 1.09 bits per heavy atom. The number of fused-ring (bicyclic) bond motifs is 1. The van der Waals surface area contributed by atoms with Crippen molar-refractivity contribution in [3.63, 3.8) is 0 Å². The minimum Gasteiger partial charge on any atom is -0.361 e. The maximum absolute atomic E-state index is 4.67. The van der Waals surface area contributed by atoms with Crippen LogP contribution in [0.3, 0.4) is 0 Å². The first-order valence-corrected chi connectivity index (χ1v) is 8.55. The summed E-state index contributed by atoms with van der Waals surface area (Å²) >= 11 is 1.64. The lowest BCUT2D eigenvalue weighted by atomic mass is 10.1. The number of hydrogen-bond donors (Lipinski definition) is 2. The summed E-state index contributed by atoms with van der Waals surface area (Å²) in [6.45, 7) is 0.776. The number of para-hydroxylation sites is 2. The van der Waals surface area contributed by atoms with Gasteiger partial charge in [0.15, 0.2) is 5.17 Å². The monoisotopic (exact) mass is 309 g/mol. The average Bonchev–Trinajstić information content (AvgIpc) is 2.98. The number of nitrogens with zero attached hydrogens (tertiary/aromatic N) is 1. The van der Waals surface area contributed by atoms with Gasteiger partial charge in [-0.05, 0) is 36.4 Å². The topological polar surface area (TPSA) is 40.2 Å². The molecule has 0 aliphatic heterocycles. The molecule has 112 valence electrons. The van der Waals surface area contributed by atoms with Gasteiger partial charge in [0.05, 0.1) is 0 Å². The summed E-state index contributed by atoms with van der Waals surface area (Å²) < 4.78 is 0. The molecule has 3 aromatic rings. The lowest BCUT2D eigenvalue weighted by Gasteiger charge is -2.07. The molecule has 3 nitrogen and oxygen atoms in total. The molecule has 0 saturated carbocycles. The predicted octanol–water partition coefficient (Wildman–Crippen LogP) is 4.54. The van der Waals surface area contributed by atoms with Crippen molar-refractivity contribution in [2.45, 2.75) is 6.42 Å². The van der Waals surface area contributed by atoms with Crippen molar-refractivity contribution in [1.82, 2.24) is 4.98 Å². The smallest absolute Gasteiger partial charge is 0.160 e. The standard InChI is InChI=1S/C18H19N3S/c1-22-18(21-15-7-3-2-4-8-15)19-12-11-14-13-20-17-10-6-5-9-16(14)17/h2-10,13,20H,11-12H2,1H3,(H,19,21). The summed E-state index contributed by atoms with van der Waals surface area (Å²) in [7, 11) is 0. The number of amidine groups is 1. The van der Waals surface area contributed by atoms with Gasteiger partial charge in [0.2, 0.25) is 0 Å². The van der Waals surface area contributed by atoms with Crippen molar-refractivity contribution in [2.75, 3.05) is 18.1 Å². The zero-order valence-corrected chi connectivity index (χ0v) is 13.4. The Balaban J connectivity index is 1.65. The van der Waals surface area contributed by atoms with Crippen LogP contribution < -0.4 is 5.32 Å². The van der Waals surface area contributed by atoms with Crippen LogP contribution in [0.15, 0.2) is 65.8 Å². The maximum Gasteiger partial charge on any atom is 0.160 e. The Hall–Kier alpha value is -2.20. The minimum absolute atomic E-state index is 0.776. The van der Waals surface area contributed by atoms with Crippen LogP contribution in [0.5, 0.6) is 0 Å². The fraction of sp³-hybridized carbons (Fsp3) is 0.167. The van der Waals surface area contributed by atoms with E-state index in [2.05, 4.69) is 45.8 Å². The van der Waals surface area contributed by atoms with Gasteiger partial charge in [-0.1, -0.05) is 48.2 Å². The molecule has 0 amide bonds. The molecule has 0 aliphatic carbocycles. The van der Waals surface area contributed by atoms with Gasteiger partial charge in [0.25, 0.3) is 0 Å². The van der Waals surface area contributed by atoms with Gasteiger partial charge in [-0.3, -0.25) is 4.99 Å². The van der Waals surface area contributed by atoms with E-state index >= 15 is 0 Å². The van der Waals surface area contributed by atoms with Crippen LogP contribution in [-0.4, -0.2) is 23.0 Å². The van der Waals surface area contributed by atoms with E-state index < -0.39 is 0 Å². The Kier molecular flexibility index (Phi) is 4.81. The molecule has 0 saturated heterocycles. The highest BCUT2D eigenvalue weighted by Crippen LogP contribution is 2.18. The molecule has 0 unspecified atom stereocenters. The van der Waals surface area contributed by atoms with E-state index in [0.717, 1.165) is 23.8 Å². The molecule has 4 heteroatoms. The fourth-order valence-electron chi connectivity index (χ4n) is 2.42. The van der Waals surface area contributed by atoms with Gasteiger partial charge >= 0.3 is 0 Å². The molecule has 1 heterocycles. The molecule has 3 rings (SSSR count). The van der Waals surface area contributed by atoms with E-state index in [9.17, 15) is 0 Å². The van der Waals surface area contributed by atoms with Crippen molar-refractivity contribution >= 4 is 33.5 Å². The fourth-order valence-corrected chi connectivity index (χ4v) is 2.86. The first kappa shape index (κ1) is 14.7. The van der Waals surface area contributed by atoms with Gasteiger partial charge in [0.1, 0.15) is 0 Å². The normalized spacial score (nSPS) is 11.8. The van der Waals surface area contributed by atoms with Crippen molar-refractivity contribution in [3.8, 4) is 0 Å². The quantitative estimate of drug-likeness (QED) is 0.548. The SMILES string of the molecule is CSC(=NCCc1c[nH]c2ccccc12)Nc1ccccc1. The first-order valence-electron chi connectivity index (χ1n) is 7.32. The summed E-state index contributed by atoms with van der Waals surface area (Å²) in [4.78, 5) is 7.98. The number of thioether (sulfide) groups is 1. The number of anilines is 1. The second-order valence-electron chi connectivity index (χ2n) is 4.99. The lowest BCUT2D eigenvalue weighted by Crippen LogP contribution is -2.08. The van der Waals surface area contributed by atoms with Crippen LogP contribution in [-0.2, 0) is 6.42 Å². The van der Waals surface area contributed by atoms with E-state index in [1.807, 2.05) is 36.6 Å². The van der Waals surface area contributed by atoms with Gasteiger partial charge in [-0.15, -0.1) is 0 Å². The number of benzene rings is 2. The molecule has 0 bridgehead atoms. The zero-order valence-electron chi connectivity index (χ0n) is 12.5. The van der Waals surface area contributed by atoms with Crippen LogP contribution in [0.25, 0.3) is 10.9 Å². The largest absolute Gasteiger partial charge is 0.361 e. The number of nitrogens with one attached hydrogen (secondary N) is 2. The highest BCUT2D eigenvalue weighted by Gasteiger charge is 2.03. The highest BCUT2D eigenvalue weighted by molar-refractivity contribution is 8.13. The average molecular weight is 309 g/mol. The van der Waals surface area contributed by atoms with Crippen molar-refractivity contribution in [2.24, 2.45) is 4.99 Å². The first-order chi connectivity index (χ1) is 10.9. The number of H-pyrrole nitrogens is 1. The number of aromatic nitrogens is 1. The molecule has 22 heavy (non-hydrogen) atoms. The van der Waals surface area contributed by atoms with Crippen LogP contribution in [0, 0.1) is 0 Å². The van der Waals surface area contributed by atoms with Crippen LogP contribution in [0.4, 0.5) is 5.69 Å². The molecule has 0 aliphatic rings. The molecular formula is C18H19N3S. The Labute approximate surface area is 134 Å². The Morgan fingerprint density at radius 3 is 2.68 bits per heavy atom. The molecule has 2 aromatic carbocycles. The molecule has 0 atom stereocenters. The summed E-state index contributed by atoms with van der Waals surface area (Å²) in [6.07, 6.45) is 5.06. The van der Waals surface area contributed by atoms with E-state index in [0.29, 0.717) is 0 Å². The van der Waals surface area contributed by atoms with Gasteiger partial charge in [-0.25, -0.2) is 0 Å². The summed E-state index contributed by atoms with van der Waals surface area (Å²) in [5.41, 5.74) is 3.58. The van der Waals surface area contributed by atoms with E-state index in [-0.39, 0.29) is 0 Å². The molecular weight excluding hydrogens is 290 g/mol. The third kappa shape index (κ3) is 3.52. The van der Waals surface area contributed by atoms with Gasteiger partial charge in [-0.2, -0.15) is 0 Å². The predicted molar refractivity (Wildman–Crippen MR) is 97.9 cm³/mol. The van der Waals surface area contributed by atoms with E-state index in [1.165, 1.54) is 16.5 Å². The van der Waals surface area contributed by atoms with Crippen LogP contribution in [0.2, 0.25) is 0 Å². The van der Waals surface area contributed by atoms with E-state index in [1.54, 1.807) is 11.8 Å². The van der Waals surface area contributed by atoms with Crippen LogP contribution in [0.1, 0.15) is 5.56 Å². The molecule has 0 spiro atoms. The van der Waals surface area contributed by atoms with Gasteiger partial charge in [0, 0.05) is 29.3 Å². The highest BCUT2D eigenvalue weighted by atomic mass is 32.2. The third-order valence-electron chi connectivity index (χ3n) is 3.53. The molecule has 2 N–H and O–H groups in total. The summed E-state index contributed by atoms with van der Waals surface area (Å²) in [6, 6.07) is 18.5. The summed E-state index contributed by atoms with van der Waals surface area (Å²) in [5, 5.41) is 5.59. The molecule has 0 radical (unpaired) electrons. The van der Waals surface area contributed by atoms with E-state index in [4.69, 9.17) is 0 Å². The Morgan fingerprint density at radius 2 is 1.86 bits per heavy atom. The van der Waals surface area contributed by atoms with Crippen molar-refractivity contribution < 1.29 is 0 Å². The lowest BCUT2D eigenvalue weighted by molar-refractivity contribution is 0.979. The minimum atomic E-state index is 0.776. The molecule has 0 fully saturated rings. The zero-order chi connectivity index (χ0) is 15.2. The molecule has 1 aromatic heterocycles. The number of aliphatic imine (C=N–C) groups is 1. The van der Waals surface area contributed by atoms with Crippen molar-refractivity contribution in [1.29, 1.82) is 0 Å².